The molecule has 0 saturated carbocycles. The monoisotopic (exact) mass is 261 g/mol. The molecule has 0 heterocycles. The van der Waals surface area contributed by atoms with E-state index >= 15 is 0 Å². The Morgan fingerprint density at radius 1 is 1.06 bits per heavy atom. The van der Waals surface area contributed by atoms with E-state index in [-0.39, 0.29) is 0 Å². The predicted octanol–water partition coefficient (Wildman–Crippen LogP) is 3.01. The lowest BCUT2D eigenvalue weighted by atomic mass is 10.1. The Bertz CT molecular complexity index is 525. The van der Waals surface area contributed by atoms with Crippen LogP contribution in [0.3, 0.4) is 0 Å². The quantitative estimate of drug-likeness (QED) is 0.892. The van der Waals surface area contributed by atoms with Gasteiger partial charge in [0.2, 0.25) is 0 Å². The van der Waals surface area contributed by atoms with E-state index in [1.807, 2.05) is 18.2 Å². The van der Waals surface area contributed by atoms with Gasteiger partial charge in [-0.1, -0.05) is 41.9 Å². The maximum absolute atomic E-state index is 11.8. The van der Waals surface area contributed by atoms with E-state index in [0.29, 0.717) is 16.3 Å². The summed E-state index contributed by atoms with van der Waals surface area (Å²) in [6, 6.07) is 15.5. The zero-order valence-electron chi connectivity index (χ0n) is 9.51. The van der Waals surface area contributed by atoms with E-state index < -0.39 is 12.0 Å². The van der Waals surface area contributed by atoms with Crippen molar-refractivity contribution in [2.45, 2.75) is 6.10 Å². The summed E-state index contributed by atoms with van der Waals surface area (Å²) in [6.07, 6.45) is -1.21. The predicted molar refractivity (Wildman–Crippen MR) is 71.5 cm³/mol. The van der Waals surface area contributed by atoms with Crippen LogP contribution in [0.4, 0.5) is 5.69 Å². The Labute approximate surface area is 110 Å². The number of anilines is 1. The van der Waals surface area contributed by atoms with E-state index in [2.05, 4.69) is 5.32 Å². The summed E-state index contributed by atoms with van der Waals surface area (Å²) >= 11 is 5.74. The van der Waals surface area contributed by atoms with Crippen molar-refractivity contribution in [2.75, 3.05) is 5.32 Å². The Balaban J connectivity index is 2.07. The van der Waals surface area contributed by atoms with Crippen molar-refractivity contribution < 1.29 is 9.90 Å². The number of amides is 1. The summed E-state index contributed by atoms with van der Waals surface area (Å²) < 4.78 is 0. The third-order valence-corrected chi connectivity index (χ3v) is 2.73. The lowest BCUT2D eigenvalue weighted by Crippen LogP contribution is -2.20. The molecular formula is C14H12ClNO2. The van der Waals surface area contributed by atoms with Crippen molar-refractivity contribution in [3.05, 3.63) is 65.2 Å². The zero-order chi connectivity index (χ0) is 13.0. The van der Waals surface area contributed by atoms with Gasteiger partial charge in [-0.15, -0.1) is 0 Å². The van der Waals surface area contributed by atoms with Crippen LogP contribution in [0.1, 0.15) is 11.7 Å². The van der Waals surface area contributed by atoms with E-state index in [9.17, 15) is 9.90 Å². The average Bonchev–Trinajstić information content (AvgIpc) is 2.40. The zero-order valence-corrected chi connectivity index (χ0v) is 10.3. The molecule has 2 aromatic rings. The molecule has 0 spiro atoms. The molecule has 2 aromatic carbocycles. The number of carbonyl (C=O) groups excluding carboxylic acids is 1. The summed E-state index contributed by atoms with van der Waals surface area (Å²) in [5.41, 5.74) is 1.16. The lowest BCUT2D eigenvalue weighted by molar-refractivity contribution is -0.124. The van der Waals surface area contributed by atoms with E-state index in [4.69, 9.17) is 11.6 Å². The summed E-state index contributed by atoms with van der Waals surface area (Å²) in [5.74, 6) is -0.469. The van der Waals surface area contributed by atoms with Gasteiger partial charge in [0.15, 0.2) is 6.10 Å². The van der Waals surface area contributed by atoms with Gasteiger partial charge in [-0.05, 0) is 29.8 Å². The molecule has 0 fully saturated rings. The first-order chi connectivity index (χ1) is 8.66. The molecule has 0 aliphatic rings. The van der Waals surface area contributed by atoms with Gasteiger partial charge in [-0.2, -0.15) is 0 Å². The molecule has 18 heavy (non-hydrogen) atoms. The summed E-state index contributed by atoms with van der Waals surface area (Å²) in [6.45, 7) is 0. The van der Waals surface area contributed by atoms with Gasteiger partial charge in [-0.25, -0.2) is 0 Å². The van der Waals surface area contributed by atoms with Gasteiger partial charge in [0.05, 0.1) is 0 Å². The summed E-state index contributed by atoms with van der Waals surface area (Å²) in [7, 11) is 0. The highest BCUT2D eigenvalue weighted by Crippen LogP contribution is 2.18. The normalized spacial score (nSPS) is 11.9. The first-order valence-corrected chi connectivity index (χ1v) is 5.84. The first kappa shape index (κ1) is 12.6. The van der Waals surface area contributed by atoms with Gasteiger partial charge in [0.25, 0.3) is 5.91 Å². The maximum atomic E-state index is 11.8. The van der Waals surface area contributed by atoms with Gasteiger partial charge < -0.3 is 10.4 Å². The fraction of sp³-hybridized carbons (Fsp3) is 0.0714. The number of halogens is 1. The maximum Gasteiger partial charge on any atom is 0.257 e. The van der Waals surface area contributed by atoms with Crippen molar-refractivity contribution in [2.24, 2.45) is 0 Å². The molecule has 0 aromatic heterocycles. The molecule has 1 unspecified atom stereocenters. The van der Waals surface area contributed by atoms with Crippen LogP contribution in [0, 0.1) is 0 Å². The van der Waals surface area contributed by atoms with Crippen molar-refractivity contribution in [3.63, 3.8) is 0 Å². The van der Waals surface area contributed by atoms with Crippen LogP contribution in [-0.2, 0) is 4.79 Å². The Morgan fingerprint density at radius 3 is 2.28 bits per heavy atom. The van der Waals surface area contributed by atoms with Gasteiger partial charge in [0.1, 0.15) is 0 Å². The molecule has 0 bridgehead atoms. The molecule has 92 valence electrons. The second-order valence-corrected chi connectivity index (χ2v) is 4.25. The standard InChI is InChI=1S/C14H12ClNO2/c15-11-8-6-10(7-9-11)13(17)14(18)16-12-4-2-1-3-5-12/h1-9,13,17H,(H,16,18). The number of benzene rings is 2. The largest absolute Gasteiger partial charge is 0.378 e. The van der Waals surface area contributed by atoms with Crippen LogP contribution in [-0.4, -0.2) is 11.0 Å². The molecule has 3 nitrogen and oxygen atoms in total. The number of aliphatic hydroxyl groups excluding tert-OH is 1. The van der Waals surface area contributed by atoms with Crippen LogP contribution in [0.25, 0.3) is 0 Å². The number of carbonyl (C=O) groups is 1. The molecule has 1 amide bonds. The Kier molecular flexibility index (Phi) is 3.97. The van der Waals surface area contributed by atoms with Crippen molar-refractivity contribution in [1.82, 2.24) is 0 Å². The van der Waals surface area contributed by atoms with Gasteiger partial charge in [0, 0.05) is 10.7 Å². The molecule has 2 N–H and O–H groups in total. The first-order valence-electron chi connectivity index (χ1n) is 5.46. The van der Waals surface area contributed by atoms with Crippen LogP contribution in [0.15, 0.2) is 54.6 Å². The molecule has 1 atom stereocenters. The van der Waals surface area contributed by atoms with Crippen molar-refractivity contribution >= 4 is 23.2 Å². The number of rotatable bonds is 3. The Hall–Kier alpha value is -1.84. The van der Waals surface area contributed by atoms with Crippen LogP contribution < -0.4 is 5.32 Å². The van der Waals surface area contributed by atoms with Crippen molar-refractivity contribution in [3.8, 4) is 0 Å². The van der Waals surface area contributed by atoms with E-state index in [1.165, 1.54) is 0 Å². The molecular weight excluding hydrogens is 250 g/mol. The Morgan fingerprint density at radius 2 is 1.67 bits per heavy atom. The second kappa shape index (κ2) is 5.67. The topological polar surface area (TPSA) is 49.3 Å². The van der Waals surface area contributed by atoms with E-state index in [1.54, 1.807) is 36.4 Å². The minimum absolute atomic E-state index is 0.469. The minimum atomic E-state index is -1.21. The average molecular weight is 262 g/mol. The summed E-state index contributed by atoms with van der Waals surface area (Å²) in [4.78, 5) is 11.8. The van der Waals surface area contributed by atoms with E-state index in [0.717, 1.165) is 0 Å². The third-order valence-electron chi connectivity index (χ3n) is 2.48. The number of hydrogen-bond donors (Lipinski definition) is 2. The molecule has 0 aliphatic carbocycles. The fourth-order valence-electron chi connectivity index (χ4n) is 1.53. The highest BCUT2D eigenvalue weighted by atomic mass is 35.5. The summed E-state index contributed by atoms with van der Waals surface area (Å²) in [5, 5.41) is 13.1. The smallest absolute Gasteiger partial charge is 0.257 e. The highest BCUT2D eigenvalue weighted by molar-refractivity contribution is 6.30. The number of nitrogens with one attached hydrogen (secondary N) is 1. The fourth-order valence-corrected chi connectivity index (χ4v) is 1.65. The molecule has 4 heteroatoms. The molecule has 0 saturated heterocycles. The number of para-hydroxylation sites is 1. The minimum Gasteiger partial charge on any atom is -0.378 e. The lowest BCUT2D eigenvalue weighted by Gasteiger charge is -2.11. The van der Waals surface area contributed by atoms with Crippen LogP contribution >= 0.6 is 11.6 Å². The van der Waals surface area contributed by atoms with Gasteiger partial charge in [-0.3, -0.25) is 4.79 Å². The molecule has 0 radical (unpaired) electrons. The second-order valence-electron chi connectivity index (χ2n) is 3.81. The van der Waals surface area contributed by atoms with Crippen LogP contribution in [0.5, 0.6) is 0 Å². The molecule has 0 aliphatic heterocycles. The highest BCUT2D eigenvalue weighted by Gasteiger charge is 2.17. The van der Waals surface area contributed by atoms with Crippen molar-refractivity contribution in [1.29, 1.82) is 0 Å². The third kappa shape index (κ3) is 3.09. The molecule has 2 rings (SSSR count). The van der Waals surface area contributed by atoms with Gasteiger partial charge >= 0.3 is 0 Å². The van der Waals surface area contributed by atoms with Crippen LogP contribution in [0.2, 0.25) is 5.02 Å². The SMILES string of the molecule is O=C(Nc1ccccc1)C(O)c1ccc(Cl)cc1. The number of aliphatic hydroxyl groups is 1. The number of hydrogen-bond acceptors (Lipinski definition) is 2.